The first-order chi connectivity index (χ1) is 12.1. The molecule has 4 rings (SSSR count). The number of nitrogens with zero attached hydrogens (tertiary/aromatic N) is 5. The van der Waals surface area contributed by atoms with Gasteiger partial charge in [-0.15, -0.1) is 5.10 Å². The lowest BCUT2D eigenvalue weighted by Gasteiger charge is -2.14. The van der Waals surface area contributed by atoms with Gasteiger partial charge in [-0.2, -0.15) is 5.10 Å². The summed E-state index contributed by atoms with van der Waals surface area (Å²) in [7, 11) is 0. The van der Waals surface area contributed by atoms with Gasteiger partial charge in [-0.1, -0.05) is 11.6 Å². The first-order valence-corrected chi connectivity index (χ1v) is 8.19. The van der Waals surface area contributed by atoms with E-state index in [1.54, 1.807) is 35.3 Å². The van der Waals surface area contributed by atoms with Gasteiger partial charge in [0.2, 0.25) is 5.88 Å². The molecule has 3 aromatic heterocycles. The van der Waals surface area contributed by atoms with E-state index in [2.05, 4.69) is 20.5 Å². The molecular formula is C16H15ClN6O2. The minimum atomic E-state index is -0.333. The number of anilines is 1. The summed E-state index contributed by atoms with van der Waals surface area (Å²) in [6, 6.07) is 5.14. The number of rotatable bonds is 3. The Morgan fingerprint density at radius 1 is 1.36 bits per heavy atom. The smallest absolute Gasteiger partial charge is 0.277 e. The van der Waals surface area contributed by atoms with Crippen molar-refractivity contribution in [2.45, 2.75) is 19.9 Å². The van der Waals surface area contributed by atoms with Gasteiger partial charge in [0.1, 0.15) is 0 Å². The SMILES string of the molecule is Cc1c(C(=O)Nc2ccn(-c3ncccc3Cl)n2)nn2c1OCCC2. The highest BCUT2D eigenvalue weighted by atomic mass is 35.5. The predicted octanol–water partition coefficient (Wildman–Crippen LogP) is 2.46. The largest absolute Gasteiger partial charge is 0.478 e. The van der Waals surface area contributed by atoms with Crippen LogP contribution in [0.1, 0.15) is 22.5 Å². The molecule has 128 valence electrons. The van der Waals surface area contributed by atoms with Gasteiger partial charge in [-0.25, -0.2) is 14.3 Å². The molecule has 0 bridgehead atoms. The van der Waals surface area contributed by atoms with Crippen LogP contribution in [0.15, 0.2) is 30.6 Å². The van der Waals surface area contributed by atoms with Gasteiger partial charge < -0.3 is 10.1 Å². The molecule has 0 aliphatic carbocycles. The summed E-state index contributed by atoms with van der Waals surface area (Å²) in [5.41, 5.74) is 1.06. The summed E-state index contributed by atoms with van der Waals surface area (Å²) >= 11 is 6.11. The van der Waals surface area contributed by atoms with E-state index >= 15 is 0 Å². The zero-order valence-corrected chi connectivity index (χ0v) is 14.2. The number of carbonyl (C=O) groups is 1. The van der Waals surface area contributed by atoms with Gasteiger partial charge in [0.15, 0.2) is 17.3 Å². The van der Waals surface area contributed by atoms with Gasteiger partial charge in [-0.05, 0) is 19.1 Å². The zero-order valence-electron chi connectivity index (χ0n) is 13.4. The van der Waals surface area contributed by atoms with Gasteiger partial charge in [0.25, 0.3) is 5.91 Å². The number of carbonyl (C=O) groups excluding carboxylic acids is 1. The summed E-state index contributed by atoms with van der Waals surface area (Å²) in [6.07, 6.45) is 4.18. The van der Waals surface area contributed by atoms with Crippen molar-refractivity contribution in [2.75, 3.05) is 11.9 Å². The number of halogens is 1. The highest BCUT2D eigenvalue weighted by molar-refractivity contribution is 6.32. The summed E-state index contributed by atoms with van der Waals surface area (Å²) in [6.45, 7) is 3.21. The third-order valence-corrected chi connectivity index (χ3v) is 4.18. The van der Waals surface area contributed by atoms with Crippen molar-refractivity contribution in [3.05, 3.63) is 46.9 Å². The van der Waals surface area contributed by atoms with Crippen LogP contribution < -0.4 is 10.1 Å². The van der Waals surface area contributed by atoms with E-state index in [1.807, 2.05) is 6.92 Å². The fourth-order valence-corrected chi connectivity index (χ4v) is 2.91. The van der Waals surface area contributed by atoms with Crippen LogP contribution in [0.5, 0.6) is 5.88 Å². The molecule has 0 radical (unpaired) electrons. The zero-order chi connectivity index (χ0) is 17.4. The van der Waals surface area contributed by atoms with Crippen LogP contribution in [0.25, 0.3) is 5.82 Å². The molecule has 0 aromatic carbocycles. The molecule has 0 saturated carbocycles. The van der Waals surface area contributed by atoms with E-state index in [4.69, 9.17) is 16.3 Å². The minimum Gasteiger partial charge on any atom is -0.478 e. The highest BCUT2D eigenvalue weighted by Crippen LogP contribution is 2.25. The van der Waals surface area contributed by atoms with Crippen molar-refractivity contribution in [3.8, 4) is 11.7 Å². The molecule has 0 fully saturated rings. The fraction of sp³-hybridized carbons (Fsp3) is 0.250. The van der Waals surface area contributed by atoms with Gasteiger partial charge in [-0.3, -0.25) is 4.79 Å². The number of amides is 1. The molecule has 1 aliphatic rings. The number of nitrogens with one attached hydrogen (secondary N) is 1. The molecule has 1 amide bonds. The van der Waals surface area contributed by atoms with Crippen molar-refractivity contribution >= 4 is 23.3 Å². The lowest BCUT2D eigenvalue weighted by atomic mass is 10.2. The molecule has 0 saturated heterocycles. The van der Waals surface area contributed by atoms with Crippen molar-refractivity contribution < 1.29 is 9.53 Å². The van der Waals surface area contributed by atoms with E-state index in [1.165, 1.54) is 4.68 Å². The summed E-state index contributed by atoms with van der Waals surface area (Å²) in [5, 5.41) is 11.8. The molecule has 1 aliphatic heterocycles. The molecule has 0 atom stereocenters. The summed E-state index contributed by atoms with van der Waals surface area (Å²) in [5.74, 6) is 1.20. The number of pyridine rings is 1. The first kappa shape index (κ1) is 15.6. The van der Waals surface area contributed by atoms with Crippen LogP contribution in [-0.4, -0.2) is 37.1 Å². The second kappa shape index (κ2) is 6.21. The lowest BCUT2D eigenvalue weighted by Crippen LogP contribution is -2.16. The molecule has 0 unspecified atom stereocenters. The molecule has 8 nitrogen and oxygen atoms in total. The van der Waals surface area contributed by atoms with Gasteiger partial charge in [0.05, 0.1) is 11.6 Å². The molecule has 9 heteroatoms. The molecule has 25 heavy (non-hydrogen) atoms. The highest BCUT2D eigenvalue weighted by Gasteiger charge is 2.23. The summed E-state index contributed by atoms with van der Waals surface area (Å²) in [4.78, 5) is 16.7. The Bertz CT molecular complexity index is 948. The van der Waals surface area contributed by atoms with Crippen LogP contribution in [0.3, 0.4) is 0 Å². The number of hydrogen-bond acceptors (Lipinski definition) is 5. The van der Waals surface area contributed by atoms with Crippen molar-refractivity contribution in [1.29, 1.82) is 0 Å². The van der Waals surface area contributed by atoms with Crippen molar-refractivity contribution in [2.24, 2.45) is 0 Å². The molecule has 3 aromatic rings. The average molecular weight is 359 g/mol. The van der Waals surface area contributed by atoms with E-state index in [0.29, 0.717) is 34.8 Å². The van der Waals surface area contributed by atoms with Crippen LogP contribution in [0, 0.1) is 6.92 Å². The van der Waals surface area contributed by atoms with Gasteiger partial charge in [0, 0.05) is 37.0 Å². The molecule has 1 N–H and O–H groups in total. The van der Waals surface area contributed by atoms with E-state index in [-0.39, 0.29) is 5.91 Å². The van der Waals surface area contributed by atoms with Crippen molar-refractivity contribution in [3.63, 3.8) is 0 Å². The lowest BCUT2D eigenvalue weighted by molar-refractivity contribution is 0.102. The predicted molar refractivity (Wildman–Crippen MR) is 91.4 cm³/mol. The molecular weight excluding hydrogens is 344 g/mol. The van der Waals surface area contributed by atoms with E-state index in [9.17, 15) is 4.79 Å². The Morgan fingerprint density at radius 2 is 2.24 bits per heavy atom. The molecule has 4 heterocycles. The third-order valence-electron chi connectivity index (χ3n) is 3.89. The Balaban J connectivity index is 1.56. The van der Waals surface area contributed by atoms with E-state index < -0.39 is 0 Å². The quantitative estimate of drug-likeness (QED) is 0.777. The minimum absolute atomic E-state index is 0.333. The Hall–Kier alpha value is -2.87. The van der Waals surface area contributed by atoms with Crippen LogP contribution >= 0.6 is 11.6 Å². The van der Waals surface area contributed by atoms with Crippen LogP contribution in [0.2, 0.25) is 5.02 Å². The monoisotopic (exact) mass is 358 g/mol. The van der Waals surface area contributed by atoms with Crippen molar-refractivity contribution in [1.82, 2.24) is 24.5 Å². The number of ether oxygens (including phenoxy) is 1. The number of aromatic nitrogens is 5. The fourth-order valence-electron chi connectivity index (χ4n) is 2.70. The topological polar surface area (TPSA) is 86.9 Å². The Labute approximate surface area is 148 Å². The Morgan fingerprint density at radius 3 is 3.04 bits per heavy atom. The second-order valence-corrected chi connectivity index (χ2v) is 6.02. The Kier molecular flexibility index (Phi) is 3.89. The maximum atomic E-state index is 12.5. The summed E-state index contributed by atoms with van der Waals surface area (Å²) < 4.78 is 8.82. The van der Waals surface area contributed by atoms with Gasteiger partial charge >= 0.3 is 0 Å². The second-order valence-electron chi connectivity index (χ2n) is 5.61. The number of fused-ring (bicyclic) bond motifs is 1. The van der Waals surface area contributed by atoms with Crippen LogP contribution in [0.4, 0.5) is 5.82 Å². The normalized spacial score (nSPS) is 13.2. The van der Waals surface area contributed by atoms with Crippen LogP contribution in [-0.2, 0) is 6.54 Å². The number of hydrogen-bond donors (Lipinski definition) is 1. The maximum absolute atomic E-state index is 12.5. The average Bonchev–Trinajstić information content (AvgIpc) is 3.20. The maximum Gasteiger partial charge on any atom is 0.277 e. The number of aryl methyl sites for hydroxylation is 1. The first-order valence-electron chi connectivity index (χ1n) is 7.81. The third kappa shape index (κ3) is 2.85. The van der Waals surface area contributed by atoms with E-state index in [0.717, 1.165) is 18.5 Å². The molecule has 0 spiro atoms. The standard InChI is InChI=1S/C16H15ClN6O2/c1-10-13(21-23-7-3-9-25-16(10)23)15(24)19-12-5-8-22(20-12)14-11(17)4-2-6-18-14/h2,4-6,8H,3,7,9H2,1H3,(H,19,20,24).